The zero-order chi connectivity index (χ0) is 36.8. The molecule has 1 atom stereocenters. The van der Waals surface area contributed by atoms with E-state index in [-0.39, 0.29) is 6.10 Å². The molecule has 0 saturated heterocycles. The molecule has 0 heterocycles. The summed E-state index contributed by atoms with van der Waals surface area (Å²) < 4.78 is 13.7. The topological polar surface area (TPSA) is 18.5 Å². The van der Waals surface area contributed by atoms with E-state index in [0.717, 1.165) is 37.2 Å². The van der Waals surface area contributed by atoms with Crippen molar-refractivity contribution in [2.45, 2.75) is 206 Å². The Morgan fingerprint density at radius 1 is 0.490 bits per heavy atom. The molecule has 296 valence electrons. The number of hydrogen-bond acceptors (Lipinski definition) is 2. The molecule has 0 aliphatic rings. The van der Waals surface area contributed by atoms with Crippen molar-refractivity contribution in [1.29, 1.82) is 0 Å². The van der Waals surface area contributed by atoms with E-state index in [1.165, 1.54) is 179 Å². The molecule has 0 fully saturated rings. The Morgan fingerprint density at radius 3 is 1.33 bits per heavy atom. The molecule has 0 radical (unpaired) electrons. The van der Waals surface area contributed by atoms with E-state index in [0.29, 0.717) is 6.61 Å². The summed E-state index contributed by atoms with van der Waals surface area (Å²) in [5.74, 6) is 0. The monoisotopic (exact) mass is 711 g/mol. The van der Waals surface area contributed by atoms with Gasteiger partial charge in [0.1, 0.15) is 19.2 Å². The third kappa shape index (κ3) is 34.1. The Labute approximate surface area is 320 Å². The highest BCUT2D eigenvalue weighted by Crippen LogP contribution is 2.15. The van der Waals surface area contributed by atoms with Gasteiger partial charge in [0.25, 0.3) is 0 Å². The second-order valence-electron chi connectivity index (χ2n) is 16.2. The summed E-state index contributed by atoms with van der Waals surface area (Å²) in [5.41, 5.74) is 1.39. The van der Waals surface area contributed by atoms with Crippen LogP contribution in [0.15, 0.2) is 54.6 Å². The van der Waals surface area contributed by atoms with Gasteiger partial charge in [0, 0.05) is 18.8 Å². The van der Waals surface area contributed by atoms with Crippen LogP contribution in [-0.4, -0.2) is 51.0 Å². The van der Waals surface area contributed by atoms with Crippen LogP contribution < -0.4 is 0 Å². The predicted octanol–water partition coefficient (Wildman–Crippen LogP) is 14.7. The van der Waals surface area contributed by atoms with Gasteiger partial charge in [0.2, 0.25) is 0 Å². The lowest BCUT2D eigenvalue weighted by atomic mass is 10.1. The Balaban J connectivity index is 2.16. The largest absolute Gasteiger partial charge is 0.379 e. The summed E-state index contributed by atoms with van der Waals surface area (Å²) >= 11 is 0. The third-order valence-corrected chi connectivity index (χ3v) is 10.3. The molecule has 0 bridgehead atoms. The highest BCUT2D eigenvalue weighted by Gasteiger charge is 2.23. The number of hydrogen-bond donors (Lipinski definition) is 0. The minimum Gasteiger partial charge on any atom is -0.379 e. The van der Waals surface area contributed by atoms with Gasteiger partial charge in [-0.1, -0.05) is 184 Å². The second-order valence-corrected chi connectivity index (χ2v) is 16.2. The van der Waals surface area contributed by atoms with Crippen molar-refractivity contribution in [2.24, 2.45) is 0 Å². The van der Waals surface area contributed by atoms with E-state index in [1.54, 1.807) is 0 Å². The second kappa shape index (κ2) is 36.9. The molecule has 3 nitrogen and oxygen atoms in total. The van der Waals surface area contributed by atoms with E-state index in [2.05, 4.69) is 82.6 Å². The lowest BCUT2D eigenvalue weighted by Crippen LogP contribution is -2.47. The molecule has 1 rings (SSSR count). The van der Waals surface area contributed by atoms with Crippen LogP contribution in [0.5, 0.6) is 0 Å². The van der Waals surface area contributed by atoms with Crippen LogP contribution >= 0.6 is 0 Å². The summed E-state index contributed by atoms with van der Waals surface area (Å²) in [5, 5.41) is 0. The lowest BCUT2D eigenvalue weighted by Gasteiger charge is -2.33. The summed E-state index contributed by atoms with van der Waals surface area (Å²) in [6.07, 6.45) is 47.4. The smallest absolute Gasteiger partial charge is 0.130 e. The molecule has 3 heteroatoms. The van der Waals surface area contributed by atoms with E-state index < -0.39 is 0 Å². The van der Waals surface area contributed by atoms with E-state index >= 15 is 0 Å². The van der Waals surface area contributed by atoms with Crippen molar-refractivity contribution in [3.63, 3.8) is 0 Å². The maximum Gasteiger partial charge on any atom is 0.130 e. The van der Waals surface area contributed by atoms with Gasteiger partial charge in [0.15, 0.2) is 0 Å². The average Bonchev–Trinajstić information content (AvgIpc) is 3.12. The van der Waals surface area contributed by atoms with E-state index in [1.807, 2.05) is 0 Å². The van der Waals surface area contributed by atoms with Crippen molar-refractivity contribution >= 4 is 0 Å². The summed E-state index contributed by atoms with van der Waals surface area (Å²) in [6.45, 7) is 9.02. The van der Waals surface area contributed by atoms with Gasteiger partial charge in [-0.25, -0.2) is 0 Å². The van der Waals surface area contributed by atoms with Crippen molar-refractivity contribution in [3.8, 4) is 0 Å². The standard InChI is InChI=1S/C48H88NO2/c1-5-7-9-11-13-15-17-19-21-23-25-27-29-31-33-38-42-50-46-48(45-49(3,4)44-47-40-36-35-37-41-47)51-43-39-34-32-30-28-26-24-22-20-18-16-14-12-10-8-6-2/h19-22,35-37,40-41,48H,5-18,23-34,38-39,42-46H2,1-4H3/q+1. The molecule has 0 spiro atoms. The highest BCUT2D eigenvalue weighted by atomic mass is 16.5. The molecule has 0 aromatic heterocycles. The number of ether oxygens (including phenoxy) is 2. The first kappa shape index (κ1) is 47.6. The molecule has 1 unspecified atom stereocenters. The van der Waals surface area contributed by atoms with Crippen molar-refractivity contribution in [2.75, 3.05) is 40.5 Å². The number of benzene rings is 1. The minimum atomic E-state index is 0.154. The maximum absolute atomic E-state index is 6.51. The van der Waals surface area contributed by atoms with Crippen molar-refractivity contribution < 1.29 is 14.0 Å². The zero-order valence-corrected chi connectivity index (χ0v) is 34.9. The Hall–Kier alpha value is -1.42. The molecule has 0 aliphatic heterocycles. The number of unbranched alkanes of at least 4 members (excludes halogenated alkanes) is 24. The Morgan fingerprint density at radius 2 is 0.882 bits per heavy atom. The van der Waals surface area contributed by atoms with Crippen LogP contribution in [0.1, 0.15) is 199 Å². The molecular weight excluding hydrogens is 623 g/mol. The fourth-order valence-electron chi connectivity index (χ4n) is 7.11. The number of nitrogens with zero attached hydrogens (tertiary/aromatic N) is 1. The first-order valence-electron chi connectivity index (χ1n) is 22.4. The van der Waals surface area contributed by atoms with Gasteiger partial charge in [-0.15, -0.1) is 0 Å². The van der Waals surface area contributed by atoms with Gasteiger partial charge < -0.3 is 14.0 Å². The molecule has 0 saturated carbocycles. The molecular formula is C48H88NO2+. The maximum atomic E-state index is 6.51. The number of rotatable bonds is 39. The summed E-state index contributed by atoms with van der Waals surface area (Å²) in [7, 11) is 4.66. The molecule has 1 aromatic rings. The van der Waals surface area contributed by atoms with Gasteiger partial charge >= 0.3 is 0 Å². The minimum absolute atomic E-state index is 0.154. The predicted molar refractivity (Wildman–Crippen MR) is 227 cm³/mol. The molecule has 51 heavy (non-hydrogen) atoms. The van der Waals surface area contributed by atoms with E-state index in [9.17, 15) is 0 Å². The molecule has 0 amide bonds. The van der Waals surface area contributed by atoms with Crippen molar-refractivity contribution in [3.05, 3.63) is 60.2 Å². The van der Waals surface area contributed by atoms with Crippen molar-refractivity contribution in [1.82, 2.24) is 0 Å². The highest BCUT2D eigenvalue weighted by molar-refractivity contribution is 5.13. The average molecular weight is 711 g/mol. The quantitative estimate of drug-likeness (QED) is 0.0385. The van der Waals surface area contributed by atoms with Gasteiger partial charge in [-0.05, 0) is 64.2 Å². The first-order chi connectivity index (χ1) is 25.1. The van der Waals surface area contributed by atoms with Crippen LogP contribution in [0.3, 0.4) is 0 Å². The van der Waals surface area contributed by atoms with Crippen LogP contribution in [0.4, 0.5) is 0 Å². The molecule has 0 aliphatic carbocycles. The van der Waals surface area contributed by atoms with Crippen LogP contribution in [-0.2, 0) is 16.0 Å². The van der Waals surface area contributed by atoms with Crippen LogP contribution in [0.25, 0.3) is 0 Å². The SMILES string of the molecule is CCCCCCCCC=CCCCCCCCCOCC(C[N+](C)(C)Cc1ccccc1)OCCCCCCCCC=CCCCCCCCC. The summed E-state index contributed by atoms with van der Waals surface area (Å²) in [6, 6.07) is 10.9. The summed E-state index contributed by atoms with van der Waals surface area (Å²) in [4.78, 5) is 0. The Bertz CT molecular complexity index is 878. The lowest BCUT2D eigenvalue weighted by molar-refractivity contribution is -0.906. The van der Waals surface area contributed by atoms with Gasteiger partial charge in [-0.2, -0.15) is 0 Å². The fraction of sp³-hybridized carbons (Fsp3) is 0.792. The van der Waals surface area contributed by atoms with Gasteiger partial charge in [-0.3, -0.25) is 0 Å². The number of allylic oxidation sites excluding steroid dienone is 4. The first-order valence-corrected chi connectivity index (χ1v) is 22.4. The third-order valence-electron chi connectivity index (χ3n) is 10.3. The van der Waals surface area contributed by atoms with Crippen LogP contribution in [0, 0.1) is 0 Å². The van der Waals surface area contributed by atoms with Crippen LogP contribution in [0.2, 0.25) is 0 Å². The molecule has 1 aromatic carbocycles. The number of quaternary nitrogens is 1. The normalized spacial score (nSPS) is 12.9. The Kier molecular flexibility index (Phi) is 34.5. The molecule has 0 N–H and O–H groups in total. The van der Waals surface area contributed by atoms with Gasteiger partial charge in [0.05, 0.1) is 20.7 Å². The zero-order valence-electron chi connectivity index (χ0n) is 34.9. The fourth-order valence-corrected chi connectivity index (χ4v) is 7.11. The van der Waals surface area contributed by atoms with E-state index in [4.69, 9.17) is 9.47 Å². The number of likely N-dealkylation sites (N-methyl/N-ethyl adjacent to an activating group) is 1.